The van der Waals surface area contributed by atoms with Crippen LogP contribution in [0.4, 0.5) is 17.1 Å². The van der Waals surface area contributed by atoms with Crippen LogP contribution in [0.3, 0.4) is 0 Å². The second-order valence-corrected chi connectivity index (χ2v) is 31.4. The standard InChI is InChI=1S/C84H60N4SSi2/c1-7-23-69(24-8-1)90(70-25-9-2-10-26-70,71-27-11-3-12-28-71)75-55-45-63(46-56-75)61-39-49-66(50-40-61)87(82-60-59-77(83-84(82)86-89-85-83)65-43-53-68(54-44-65)88-80-37-21-19-35-78(80)79-36-20-22-38-81(79)88)67-51-41-62(42-52-67)64-47-57-76(58-48-64)91(72-29-13-4-14-30-72,73-31-15-5-16-32-73)74-33-17-6-18-34-74/h1-60H. The molecule has 16 aromatic rings. The smallest absolute Gasteiger partial charge is 0.179 e. The molecule has 14 aromatic carbocycles. The van der Waals surface area contributed by atoms with Gasteiger partial charge < -0.3 is 9.47 Å². The van der Waals surface area contributed by atoms with E-state index in [9.17, 15) is 0 Å². The lowest BCUT2D eigenvalue weighted by molar-refractivity contribution is 1.18. The second-order valence-electron chi connectivity index (χ2n) is 23.3. The first-order valence-corrected chi connectivity index (χ1v) is 35.8. The van der Waals surface area contributed by atoms with Crippen molar-refractivity contribution in [1.29, 1.82) is 0 Å². The highest BCUT2D eigenvalue weighted by atomic mass is 32.1. The maximum atomic E-state index is 5.11. The van der Waals surface area contributed by atoms with Crippen molar-refractivity contribution in [2.45, 2.75) is 0 Å². The number of nitrogens with zero attached hydrogens (tertiary/aromatic N) is 4. The molecule has 2 heterocycles. The van der Waals surface area contributed by atoms with Crippen molar-refractivity contribution in [2.24, 2.45) is 0 Å². The highest BCUT2D eigenvalue weighted by molar-refractivity contribution is 7.20. The molecular weight excluding hydrogens is 1150 g/mol. The van der Waals surface area contributed by atoms with Gasteiger partial charge in [-0.1, -0.05) is 303 Å². The number of benzene rings is 14. The molecule has 430 valence electrons. The summed E-state index contributed by atoms with van der Waals surface area (Å²) in [6.07, 6.45) is 0. The van der Waals surface area contributed by atoms with Gasteiger partial charge in [-0.2, -0.15) is 8.75 Å². The summed E-state index contributed by atoms with van der Waals surface area (Å²) < 4.78 is 12.5. The van der Waals surface area contributed by atoms with Crippen LogP contribution in [0.25, 0.3) is 71.9 Å². The van der Waals surface area contributed by atoms with Gasteiger partial charge in [0.25, 0.3) is 0 Å². The summed E-state index contributed by atoms with van der Waals surface area (Å²) in [6.45, 7) is 0. The molecule has 0 bridgehead atoms. The maximum Gasteiger partial charge on any atom is 0.179 e. The quantitative estimate of drug-likeness (QED) is 0.0758. The third kappa shape index (κ3) is 9.66. The van der Waals surface area contributed by atoms with Crippen molar-refractivity contribution in [3.05, 3.63) is 364 Å². The molecule has 0 aliphatic carbocycles. The normalized spacial score (nSPS) is 11.7. The van der Waals surface area contributed by atoms with Gasteiger partial charge in [0.05, 0.1) is 28.4 Å². The van der Waals surface area contributed by atoms with Crippen LogP contribution in [0.5, 0.6) is 0 Å². The Kier molecular flexibility index (Phi) is 14.5. The van der Waals surface area contributed by atoms with E-state index >= 15 is 0 Å². The van der Waals surface area contributed by atoms with E-state index in [1.165, 1.54) is 75.0 Å². The van der Waals surface area contributed by atoms with Crippen molar-refractivity contribution < 1.29 is 0 Å². The lowest BCUT2D eigenvalue weighted by atomic mass is 10.0. The highest BCUT2D eigenvalue weighted by Crippen LogP contribution is 2.43. The number of aromatic nitrogens is 3. The molecule has 0 saturated heterocycles. The summed E-state index contributed by atoms with van der Waals surface area (Å²) in [5.74, 6) is 0. The lowest BCUT2D eigenvalue weighted by Crippen LogP contribution is -2.74. The van der Waals surface area contributed by atoms with Gasteiger partial charge in [-0.15, -0.1) is 0 Å². The van der Waals surface area contributed by atoms with Crippen LogP contribution in [0.2, 0.25) is 0 Å². The summed E-state index contributed by atoms with van der Waals surface area (Å²) in [5.41, 5.74) is 14.9. The molecule has 16 rings (SSSR count). The third-order valence-corrected chi connectivity index (χ3v) is 28.6. The van der Waals surface area contributed by atoms with Crippen molar-refractivity contribution in [3.8, 4) is 39.1 Å². The highest BCUT2D eigenvalue weighted by Gasteiger charge is 2.42. The molecular formula is C84H60N4SSi2. The SMILES string of the molecule is c1ccc([Si](c2ccccc2)(c2ccccc2)c2ccc(-c3ccc(N(c4ccc(-c5ccc([Si](c6ccccc6)(c6ccccc6)c6ccccc6)cc5)cc4)c4ccc(-c5ccc(-n6c7ccccc7c7ccccc76)cc5)c5nsnc45)cc3)cc2)cc1. The Balaban J connectivity index is 0.777. The van der Waals surface area contributed by atoms with Gasteiger partial charge in [0, 0.05) is 33.4 Å². The van der Waals surface area contributed by atoms with Crippen molar-refractivity contribution in [1.82, 2.24) is 13.3 Å². The van der Waals surface area contributed by atoms with Gasteiger partial charge in [0.15, 0.2) is 16.1 Å². The number of anilines is 3. The molecule has 0 atom stereocenters. The molecule has 4 nitrogen and oxygen atoms in total. The van der Waals surface area contributed by atoms with Crippen LogP contribution in [0.1, 0.15) is 0 Å². The van der Waals surface area contributed by atoms with Gasteiger partial charge in [-0.05, 0) is 130 Å². The first-order valence-electron chi connectivity index (χ1n) is 31.0. The average molecular weight is 1210 g/mol. The van der Waals surface area contributed by atoms with Crippen molar-refractivity contribution >= 4 is 119 Å². The van der Waals surface area contributed by atoms with Gasteiger partial charge in [-0.3, -0.25) is 0 Å². The fourth-order valence-electron chi connectivity index (χ4n) is 14.2. The Labute approximate surface area is 536 Å². The van der Waals surface area contributed by atoms with E-state index in [1.54, 1.807) is 0 Å². The Hall–Kier alpha value is -11.1. The monoisotopic (exact) mass is 1210 g/mol. The summed E-state index contributed by atoms with van der Waals surface area (Å²) in [6, 6.07) is 134. The summed E-state index contributed by atoms with van der Waals surface area (Å²) >= 11 is 1.26. The van der Waals surface area contributed by atoms with E-state index in [4.69, 9.17) is 8.75 Å². The van der Waals surface area contributed by atoms with Crippen LogP contribution < -0.4 is 46.4 Å². The van der Waals surface area contributed by atoms with E-state index in [0.29, 0.717) is 0 Å². The van der Waals surface area contributed by atoms with E-state index < -0.39 is 16.1 Å². The molecule has 0 fully saturated rings. The third-order valence-electron chi connectivity index (χ3n) is 18.4. The minimum Gasteiger partial charge on any atom is -0.309 e. The Morgan fingerprint density at radius 3 is 0.912 bits per heavy atom. The number of fused-ring (bicyclic) bond motifs is 4. The van der Waals surface area contributed by atoms with Crippen LogP contribution in [-0.4, -0.2) is 29.5 Å². The Bertz CT molecular complexity index is 4700. The Morgan fingerprint density at radius 2 is 0.549 bits per heavy atom. The molecule has 91 heavy (non-hydrogen) atoms. The number of hydrogen-bond acceptors (Lipinski definition) is 4. The first-order chi connectivity index (χ1) is 45.1. The van der Waals surface area contributed by atoms with E-state index in [2.05, 4.69) is 373 Å². The van der Waals surface area contributed by atoms with Gasteiger partial charge in [0.1, 0.15) is 11.0 Å². The molecule has 0 amide bonds. The minimum absolute atomic E-state index is 0.846. The summed E-state index contributed by atoms with van der Waals surface area (Å²) in [4.78, 5) is 2.34. The molecule has 2 aromatic heterocycles. The number of hydrogen-bond donors (Lipinski definition) is 0. The predicted octanol–water partition coefficient (Wildman–Crippen LogP) is 16.0. The van der Waals surface area contributed by atoms with Crippen LogP contribution in [0.15, 0.2) is 364 Å². The van der Waals surface area contributed by atoms with Crippen LogP contribution >= 0.6 is 11.7 Å². The maximum absolute atomic E-state index is 5.11. The molecule has 0 unspecified atom stereocenters. The fraction of sp³-hybridized carbons (Fsp3) is 0. The van der Waals surface area contributed by atoms with Gasteiger partial charge >= 0.3 is 0 Å². The predicted molar refractivity (Wildman–Crippen MR) is 390 cm³/mol. The van der Waals surface area contributed by atoms with E-state index in [0.717, 1.165) is 67.2 Å². The van der Waals surface area contributed by atoms with Gasteiger partial charge in [-0.25, -0.2) is 0 Å². The molecule has 7 heteroatoms. The molecule has 0 spiro atoms. The zero-order chi connectivity index (χ0) is 60.6. The van der Waals surface area contributed by atoms with E-state index in [-0.39, 0.29) is 0 Å². The van der Waals surface area contributed by atoms with Crippen LogP contribution in [0, 0.1) is 0 Å². The number of rotatable bonds is 15. The Morgan fingerprint density at radius 1 is 0.253 bits per heavy atom. The zero-order valence-corrected chi connectivity index (χ0v) is 52.7. The fourth-order valence-corrected chi connectivity index (χ4v) is 24.3. The molecule has 0 aliphatic rings. The minimum atomic E-state index is -2.69. The molecule has 0 N–H and O–H groups in total. The molecule has 0 aliphatic heterocycles. The first kappa shape index (κ1) is 55.3. The van der Waals surface area contributed by atoms with E-state index in [1.807, 2.05) is 0 Å². The van der Waals surface area contributed by atoms with Gasteiger partial charge in [0.2, 0.25) is 0 Å². The van der Waals surface area contributed by atoms with Crippen molar-refractivity contribution in [3.63, 3.8) is 0 Å². The van der Waals surface area contributed by atoms with Crippen LogP contribution in [-0.2, 0) is 0 Å². The summed E-state index contributed by atoms with van der Waals surface area (Å²) in [5, 5.41) is 13.3. The molecule has 0 saturated carbocycles. The number of para-hydroxylation sites is 2. The largest absolute Gasteiger partial charge is 0.309 e. The lowest BCUT2D eigenvalue weighted by Gasteiger charge is -2.34. The second kappa shape index (κ2) is 23.8. The van der Waals surface area contributed by atoms with Crippen molar-refractivity contribution in [2.75, 3.05) is 4.90 Å². The zero-order valence-electron chi connectivity index (χ0n) is 49.8. The summed E-state index contributed by atoms with van der Waals surface area (Å²) in [7, 11) is -5.38. The topological polar surface area (TPSA) is 34.0 Å². The molecule has 0 radical (unpaired) electrons. The average Bonchev–Trinajstić information content (AvgIpc) is 1.82.